The van der Waals surface area contributed by atoms with E-state index in [2.05, 4.69) is 4.98 Å². The highest BCUT2D eigenvalue weighted by Gasteiger charge is 2.16. The van der Waals surface area contributed by atoms with Crippen molar-refractivity contribution in [3.63, 3.8) is 0 Å². The Kier molecular flexibility index (Phi) is 1.82. The third-order valence-corrected chi connectivity index (χ3v) is 1.35. The van der Waals surface area contributed by atoms with Crippen LogP contribution in [0.25, 0.3) is 0 Å². The van der Waals surface area contributed by atoms with Crippen LogP contribution < -0.4 is 11.3 Å². The summed E-state index contributed by atoms with van der Waals surface area (Å²) >= 11 is 0. The van der Waals surface area contributed by atoms with E-state index in [1.165, 1.54) is 6.07 Å². The molecule has 0 aromatic carbocycles. The van der Waals surface area contributed by atoms with Crippen molar-refractivity contribution in [3.05, 3.63) is 32.2 Å². The van der Waals surface area contributed by atoms with Crippen LogP contribution >= 0.6 is 0 Å². The molecule has 0 amide bonds. The summed E-state index contributed by atoms with van der Waals surface area (Å²) in [5.41, 5.74) is 4.29. The summed E-state index contributed by atoms with van der Waals surface area (Å²) in [6.07, 6.45) is 0. The van der Waals surface area contributed by atoms with Crippen LogP contribution in [0.5, 0.6) is 0 Å². The van der Waals surface area contributed by atoms with Gasteiger partial charge in [-0.15, -0.1) is 0 Å². The number of anilines is 1. The van der Waals surface area contributed by atoms with Crippen molar-refractivity contribution in [1.29, 1.82) is 0 Å². The smallest absolute Gasteiger partial charge is 0.356 e. The molecule has 0 unspecified atom stereocenters. The molecule has 0 radical (unpaired) electrons. The molecule has 1 aromatic rings. The minimum absolute atomic E-state index is 0.110. The number of nitrogens with two attached hydrogens (primary N) is 1. The molecule has 0 bridgehead atoms. The Morgan fingerprint density at radius 2 is 2.25 bits per heavy atom. The van der Waals surface area contributed by atoms with E-state index in [9.17, 15) is 14.9 Å². The Balaban J connectivity index is 3.49. The first-order valence-electron chi connectivity index (χ1n) is 3.16. The first-order valence-corrected chi connectivity index (χ1v) is 3.16. The summed E-state index contributed by atoms with van der Waals surface area (Å²) in [4.78, 5) is 22.7. The van der Waals surface area contributed by atoms with Crippen molar-refractivity contribution in [3.8, 4) is 0 Å². The number of H-pyrrole nitrogens is 1. The van der Waals surface area contributed by atoms with Crippen LogP contribution in [0.4, 0.5) is 11.4 Å². The molecule has 0 spiro atoms. The molecule has 12 heavy (non-hydrogen) atoms. The van der Waals surface area contributed by atoms with Crippen molar-refractivity contribution >= 4 is 11.4 Å². The first-order chi connectivity index (χ1) is 5.52. The van der Waals surface area contributed by atoms with Gasteiger partial charge in [0.2, 0.25) is 0 Å². The third-order valence-electron chi connectivity index (χ3n) is 1.35. The van der Waals surface area contributed by atoms with Gasteiger partial charge in [-0.2, -0.15) is 0 Å². The number of pyridine rings is 1. The van der Waals surface area contributed by atoms with Gasteiger partial charge in [0.15, 0.2) is 0 Å². The molecule has 0 saturated heterocycles. The van der Waals surface area contributed by atoms with E-state index in [-0.39, 0.29) is 5.69 Å². The fraction of sp³-hybridized carbons (Fsp3) is 0.167. The second-order valence-corrected chi connectivity index (χ2v) is 2.34. The van der Waals surface area contributed by atoms with Gasteiger partial charge in [0.1, 0.15) is 5.69 Å². The summed E-state index contributed by atoms with van der Waals surface area (Å²) in [6, 6.07) is 1.35. The van der Waals surface area contributed by atoms with Crippen LogP contribution in [0.1, 0.15) is 5.69 Å². The Hall–Kier alpha value is -1.85. The Bertz CT molecular complexity index is 382. The molecule has 1 heterocycles. The summed E-state index contributed by atoms with van der Waals surface area (Å²) < 4.78 is 0. The number of hydrogen-bond donors (Lipinski definition) is 2. The van der Waals surface area contributed by atoms with Gasteiger partial charge in [-0.1, -0.05) is 0 Å². The standard InChI is InChI=1S/C6H7N3O3/c1-3-2-4(7)5(9(11)12)6(10)8-3/h2H,1H3,(H3,7,8,10). The first kappa shape index (κ1) is 8.25. The fourth-order valence-corrected chi connectivity index (χ4v) is 0.895. The van der Waals surface area contributed by atoms with E-state index >= 15 is 0 Å². The van der Waals surface area contributed by atoms with E-state index < -0.39 is 16.2 Å². The van der Waals surface area contributed by atoms with Crippen molar-refractivity contribution in [1.82, 2.24) is 4.98 Å². The third kappa shape index (κ3) is 1.26. The van der Waals surface area contributed by atoms with E-state index in [0.717, 1.165) is 0 Å². The largest absolute Gasteiger partial charge is 0.393 e. The lowest BCUT2D eigenvalue weighted by molar-refractivity contribution is -0.385. The number of aromatic amines is 1. The number of nitrogens with zero attached hydrogens (tertiary/aromatic N) is 1. The van der Waals surface area contributed by atoms with Gasteiger partial charge in [0.25, 0.3) is 0 Å². The van der Waals surface area contributed by atoms with Crippen LogP contribution in [-0.4, -0.2) is 9.91 Å². The van der Waals surface area contributed by atoms with E-state index in [0.29, 0.717) is 5.69 Å². The van der Waals surface area contributed by atoms with Crippen molar-refractivity contribution < 1.29 is 4.92 Å². The van der Waals surface area contributed by atoms with Crippen molar-refractivity contribution in [2.45, 2.75) is 6.92 Å². The highest BCUT2D eigenvalue weighted by molar-refractivity contribution is 5.56. The van der Waals surface area contributed by atoms with Crippen LogP contribution in [-0.2, 0) is 0 Å². The summed E-state index contributed by atoms with van der Waals surface area (Å²) in [5.74, 6) is 0. The summed E-state index contributed by atoms with van der Waals surface area (Å²) in [5, 5.41) is 10.3. The normalized spacial score (nSPS) is 9.75. The minimum Gasteiger partial charge on any atom is -0.393 e. The van der Waals surface area contributed by atoms with Crippen LogP contribution in [0.3, 0.4) is 0 Å². The molecule has 0 saturated carbocycles. The molecule has 0 atom stereocenters. The topological polar surface area (TPSA) is 102 Å². The number of rotatable bonds is 1. The number of nitro groups is 1. The molecular formula is C6H7N3O3. The molecule has 0 aliphatic carbocycles. The van der Waals surface area contributed by atoms with Crippen molar-refractivity contribution in [2.24, 2.45) is 0 Å². The Labute approximate surface area is 67.2 Å². The predicted molar refractivity (Wildman–Crippen MR) is 42.9 cm³/mol. The predicted octanol–water partition coefficient (Wildman–Crippen LogP) is 0.174. The lowest BCUT2D eigenvalue weighted by Gasteiger charge is -1.96. The highest BCUT2D eigenvalue weighted by Crippen LogP contribution is 2.14. The number of aryl methyl sites for hydroxylation is 1. The Morgan fingerprint density at radius 1 is 1.67 bits per heavy atom. The fourth-order valence-electron chi connectivity index (χ4n) is 0.895. The number of nitrogen functional groups attached to an aromatic ring is 1. The second-order valence-electron chi connectivity index (χ2n) is 2.34. The second kappa shape index (κ2) is 2.65. The molecule has 0 fully saturated rings. The van der Waals surface area contributed by atoms with Crippen LogP contribution in [0, 0.1) is 17.0 Å². The number of nitrogens with one attached hydrogen (secondary N) is 1. The number of hydrogen-bond acceptors (Lipinski definition) is 4. The maximum atomic E-state index is 10.9. The average Bonchev–Trinajstić information content (AvgIpc) is 1.82. The zero-order valence-corrected chi connectivity index (χ0v) is 6.33. The van der Waals surface area contributed by atoms with E-state index in [1.807, 2.05) is 0 Å². The average molecular weight is 169 g/mol. The molecule has 1 rings (SSSR count). The zero-order valence-electron chi connectivity index (χ0n) is 6.33. The molecular weight excluding hydrogens is 162 g/mol. The Morgan fingerprint density at radius 3 is 2.67 bits per heavy atom. The molecule has 64 valence electrons. The lowest BCUT2D eigenvalue weighted by atomic mass is 10.3. The minimum atomic E-state index is -0.798. The van der Waals surface area contributed by atoms with E-state index in [4.69, 9.17) is 5.73 Å². The van der Waals surface area contributed by atoms with Gasteiger partial charge in [-0.3, -0.25) is 14.9 Å². The maximum absolute atomic E-state index is 10.9. The summed E-state index contributed by atoms with van der Waals surface area (Å²) in [7, 11) is 0. The van der Waals surface area contributed by atoms with Crippen LogP contribution in [0.15, 0.2) is 10.9 Å². The molecule has 0 aliphatic heterocycles. The lowest BCUT2D eigenvalue weighted by Crippen LogP contribution is -2.14. The van der Waals surface area contributed by atoms with Gasteiger partial charge < -0.3 is 10.7 Å². The zero-order chi connectivity index (χ0) is 9.30. The quantitative estimate of drug-likeness (QED) is 0.462. The SMILES string of the molecule is Cc1cc(N)c([N+](=O)[O-])c(=O)[nH]1. The van der Waals surface area contributed by atoms with Crippen molar-refractivity contribution in [2.75, 3.05) is 5.73 Å². The van der Waals surface area contributed by atoms with Crippen LogP contribution in [0.2, 0.25) is 0 Å². The molecule has 0 aliphatic rings. The highest BCUT2D eigenvalue weighted by atomic mass is 16.6. The van der Waals surface area contributed by atoms with E-state index in [1.54, 1.807) is 6.92 Å². The summed E-state index contributed by atoms with van der Waals surface area (Å²) in [6.45, 7) is 1.60. The van der Waals surface area contributed by atoms with Gasteiger partial charge >= 0.3 is 11.2 Å². The van der Waals surface area contributed by atoms with Gasteiger partial charge in [0.05, 0.1) is 4.92 Å². The maximum Gasteiger partial charge on any atom is 0.356 e. The monoisotopic (exact) mass is 169 g/mol. The van der Waals surface area contributed by atoms with Gasteiger partial charge in [0, 0.05) is 5.69 Å². The number of aromatic nitrogens is 1. The molecule has 1 aromatic heterocycles. The van der Waals surface area contributed by atoms with Gasteiger partial charge in [-0.05, 0) is 13.0 Å². The molecule has 6 nitrogen and oxygen atoms in total. The molecule has 6 heteroatoms. The molecule has 3 N–H and O–H groups in total. The van der Waals surface area contributed by atoms with Gasteiger partial charge in [-0.25, -0.2) is 0 Å².